The van der Waals surface area contributed by atoms with Gasteiger partial charge in [0.05, 0.1) is 5.60 Å². The molecule has 0 bridgehead atoms. The second kappa shape index (κ2) is 2.98. The summed E-state index contributed by atoms with van der Waals surface area (Å²) in [5.74, 6) is 0.573. The summed E-state index contributed by atoms with van der Waals surface area (Å²) >= 11 is 0. The van der Waals surface area contributed by atoms with E-state index >= 15 is 0 Å². The van der Waals surface area contributed by atoms with Gasteiger partial charge >= 0.3 is 0 Å². The molecule has 0 heterocycles. The molecule has 1 aliphatic carbocycles. The van der Waals surface area contributed by atoms with Crippen LogP contribution in [0.3, 0.4) is 0 Å². The third-order valence-electron chi connectivity index (χ3n) is 2.44. The van der Waals surface area contributed by atoms with Gasteiger partial charge in [-0.2, -0.15) is 0 Å². The molecule has 0 aliphatic heterocycles. The van der Waals surface area contributed by atoms with Crippen molar-refractivity contribution in [3.05, 3.63) is 11.6 Å². The van der Waals surface area contributed by atoms with E-state index in [0.717, 1.165) is 6.42 Å². The molecule has 0 amide bonds. The normalized spacial score (nSPS) is 26.5. The van der Waals surface area contributed by atoms with Crippen LogP contribution in [0.4, 0.5) is 0 Å². The lowest BCUT2D eigenvalue weighted by atomic mass is 9.81. The highest BCUT2D eigenvalue weighted by atomic mass is 16.3. The smallest absolute Gasteiger partial charge is 0.0803 e. The van der Waals surface area contributed by atoms with E-state index in [0.29, 0.717) is 5.92 Å². The van der Waals surface area contributed by atoms with Gasteiger partial charge in [-0.1, -0.05) is 13.0 Å². The minimum absolute atomic E-state index is 0.573. The highest BCUT2D eigenvalue weighted by Gasteiger charge is 2.25. The average Bonchev–Trinajstić information content (AvgIpc) is 1.86. The second-order valence-electron chi connectivity index (χ2n) is 4.05. The Hall–Kier alpha value is -0.300. The molecular weight excluding hydrogens is 136 g/mol. The van der Waals surface area contributed by atoms with Gasteiger partial charge < -0.3 is 5.11 Å². The van der Waals surface area contributed by atoms with E-state index in [1.165, 1.54) is 18.4 Å². The Kier molecular flexibility index (Phi) is 2.38. The van der Waals surface area contributed by atoms with E-state index in [4.69, 9.17) is 0 Å². The predicted molar refractivity (Wildman–Crippen MR) is 47.4 cm³/mol. The third-order valence-corrected chi connectivity index (χ3v) is 2.44. The lowest BCUT2D eigenvalue weighted by Crippen LogP contribution is -2.27. The molecule has 1 unspecified atom stereocenters. The van der Waals surface area contributed by atoms with Crippen molar-refractivity contribution >= 4 is 0 Å². The van der Waals surface area contributed by atoms with Crippen molar-refractivity contribution in [2.24, 2.45) is 5.92 Å². The van der Waals surface area contributed by atoms with Crippen molar-refractivity contribution in [3.8, 4) is 0 Å². The molecule has 1 nitrogen and oxygen atoms in total. The topological polar surface area (TPSA) is 20.2 Å². The summed E-state index contributed by atoms with van der Waals surface area (Å²) in [5, 5.41) is 9.74. The Morgan fingerprint density at radius 3 is 2.55 bits per heavy atom. The van der Waals surface area contributed by atoms with Gasteiger partial charge in [-0.3, -0.25) is 0 Å². The summed E-state index contributed by atoms with van der Waals surface area (Å²) in [7, 11) is 0. The summed E-state index contributed by atoms with van der Waals surface area (Å²) in [6.45, 7) is 5.95. The maximum Gasteiger partial charge on any atom is 0.0803 e. The van der Waals surface area contributed by atoms with Crippen LogP contribution in [0.5, 0.6) is 0 Å². The Bertz CT molecular complexity index is 162. The first-order valence-electron chi connectivity index (χ1n) is 4.44. The molecule has 0 fully saturated rings. The molecule has 0 radical (unpaired) electrons. The first-order chi connectivity index (χ1) is 5.02. The molecule has 1 N–H and O–H groups in total. The fraction of sp³-hybridized carbons (Fsp3) is 0.800. The molecule has 1 atom stereocenters. The molecule has 0 spiro atoms. The number of rotatable bonds is 1. The second-order valence-corrected chi connectivity index (χ2v) is 4.05. The number of hydrogen-bond donors (Lipinski definition) is 1. The van der Waals surface area contributed by atoms with Crippen molar-refractivity contribution in [2.45, 2.75) is 45.6 Å². The van der Waals surface area contributed by atoms with Crippen LogP contribution in [0.25, 0.3) is 0 Å². The summed E-state index contributed by atoms with van der Waals surface area (Å²) in [6, 6.07) is 0. The van der Waals surface area contributed by atoms with Gasteiger partial charge in [0.25, 0.3) is 0 Å². The fourth-order valence-corrected chi connectivity index (χ4v) is 1.89. The van der Waals surface area contributed by atoms with E-state index in [1.807, 2.05) is 13.8 Å². The lowest BCUT2D eigenvalue weighted by molar-refractivity contribution is 0.105. The Morgan fingerprint density at radius 1 is 1.55 bits per heavy atom. The monoisotopic (exact) mass is 154 g/mol. The van der Waals surface area contributed by atoms with Crippen LogP contribution in [0, 0.1) is 5.92 Å². The van der Waals surface area contributed by atoms with Crippen LogP contribution >= 0.6 is 0 Å². The van der Waals surface area contributed by atoms with Gasteiger partial charge in [0.1, 0.15) is 0 Å². The van der Waals surface area contributed by atoms with Gasteiger partial charge in [0.2, 0.25) is 0 Å². The highest BCUT2D eigenvalue weighted by Crippen LogP contribution is 2.31. The Balaban J connectivity index is 2.76. The summed E-state index contributed by atoms with van der Waals surface area (Å²) in [5.41, 5.74) is 0.628. The van der Waals surface area contributed by atoms with Crippen LogP contribution in [0.1, 0.15) is 40.0 Å². The van der Waals surface area contributed by atoms with Crippen LogP contribution in [0.2, 0.25) is 0 Å². The molecular formula is C10H18O. The molecule has 11 heavy (non-hydrogen) atoms. The summed E-state index contributed by atoms with van der Waals surface area (Å²) < 4.78 is 0. The van der Waals surface area contributed by atoms with Crippen molar-refractivity contribution in [1.29, 1.82) is 0 Å². The molecule has 0 aromatic carbocycles. The van der Waals surface area contributed by atoms with Gasteiger partial charge in [-0.15, -0.1) is 0 Å². The minimum atomic E-state index is -0.597. The molecule has 0 aromatic heterocycles. The predicted octanol–water partition coefficient (Wildman–Crippen LogP) is 2.50. The number of allylic oxidation sites excluding steroid dienone is 1. The zero-order chi connectivity index (χ0) is 8.48. The van der Waals surface area contributed by atoms with E-state index < -0.39 is 5.60 Å². The van der Waals surface area contributed by atoms with Crippen LogP contribution in [-0.4, -0.2) is 10.7 Å². The van der Waals surface area contributed by atoms with E-state index in [2.05, 4.69) is 13.0 Å². The zero-order valence-electron chi connectivity index (χ0n) is 7.72. The first kappa shape index (κ1) is 8.79. The molecule has 1 aliphatic rings. The maximum atomic E-state index is 9.74. The van der Waals surface area contributed by atoms with Crippen LogP contribution < -0.4 is 0 Å². The average molecular weight is 154 g/mol. The fourth-order valence-electron chi connectivity index (χ4n) is 1.89. The largest absolute Gasteiger partial charge is 0.386 e. The minimum Gasteiger partial charge on any atom is -0.386 e. The number of aliphatic hydroxyl groups is 1. The molecule has 0 saturated carbocycles. The maximum absolute atomic E-state index is 9.74. The molecule has 1 heteroatoms. The summed E-state index contributed by atoms with van der Waals surface area (Å²) in [4.78, 5) is 0. The standard InChI is InChI=1S/C10H18O/c1-8-6-4-5-7-9(8)10(2,3)11/h7-8,11H,4-6H2,1-3H3. The van der Waals surface area contributed by atoms with Gasteiger partial charge in [0, 0.05) is 0 Å². The molecule has 1 rings (SSSR count). The van der Waals surface area contributed by atoms with E-state index in [1.54, 1.807) is 0 Å². The lowest BCUT2D eigenvalue weighted by Gasteiger charge is -2.30. The quantitative estimate of drug-likeness (QED) is 0.575. The van der Waals surface area contributed by atoms with Gasteiger partial charge in [0.15, 0.2) is 0 Å². The molecule has 0 saturated heterocycles. The number of hydrogen-bond acceptors (Lipinski definition) is 1. The third kappa shape index (κ3) is 2.06. The first-order valence-corrected chi connectivity index (χ1v) is 4.44. The van der Waals surface area contributed by atoms with Crippen molar-refractivity contribution in [1.82, 2.24) is 0 Å². The Morgan fingerprint density at radius 2 is 2.18 bits per heavy atom. The van der Waals surface area contributed by atoms with Crippen molar-refractivity contribution in [3.63, 3.8) is 0 Å². The van der Waals surface area contributed by atoms with Gasteiger partial charge in [-0.25, -0.2) is 0 Å². The van der Waals surface area contributed by atoms with E-state index in [-0.39, 0.29) is 0 Å². The van der Waals surface area contributed by atoms with Crippen molar-refractivity contribution < 1.29 is 5.11 Å². The molecule has 64 valence electrons. The highest BCUT2D eigenvalue weighted by molar-refractivity contribution is 5.18. The summed E-state index contributed by atoms with van der Waals surface area (Å²) in [6.07, 6.45) is 5.86. The van der Waals surface area contributed by atoms with E-state index in [9.17, 15) is 5.11 Å². The zero-order valence-corrected chi connectivity index (χ0v) is 7.72. The molecule has 0 aromatic rings. The van der Waals surface area contributed by atoms with Crippen LogP contribution in [-0.2, 0) is 0 Å². The Labute approximate surface area is 69.1 Å². The SMILES string of the molecule is CC1CCCC=C1C(C)(C)O. The van der Waals surface area contributed by atoms with Gasteiger partial charge in [-0.05, 0) is 44.6 Å². The van der Waals surface area contributed by atoms with Crippen LogP contribution in [0.15, 0.2) is 11.6 Å². The van der Waals surface area contributed by atoms with Crippen molar-refractivity contribution in [2.75, 3.05) is 0 Å².